The van der Waals surface area contributed by atoms with Gasteiger partial charge in [-0.25, -0.2) is 4.98 Å². The summed E-state index contributed by atoms with van der Waals surface area (Å²) in [6.45, 7) is 6.21. The van der Waals surface area contributed by atoms with Gasteiger partial charge in [0, 0.05) is 22.5 Å². The van der Waals surface area contributed by atoms with E-state index >= 15 is 0 Å². The summed E-state index contributed by atoms with van der Waals surface area (Å²) in [5.41, 5.74) is 2.42. The predicted octanol–water partition coefficient (Wildman–Crippen LogP) is 4.12. The SMILES string of the molecule is CCNCC(Cc1cccc(Cl)c1)Cc1nc(C)cs1. The van der Waals surface area contributed by atoms with E-state index in [2.05, 4.69) is 41.7 Å². The third kappa shape index (κ3) is 4.89. The summed E-state index contributed by atoms with van der Waals surface area (Å²) in [7, 11) is 0. The van der Waals surface area contributed by atoms with Crippen LogP contribution < -0.4 is 5.32 Å². The van der Waals surface area contributed by atoms with Gasteiger partial charge in [-0.05, 0) is 50.0 Å². The van der Waals surface area contributed by atoms with Crippen molar-refractivity contribution < 1.29 is 0 Å². The summed E-state index contributed by atoms with van der Waals surface area (Å²) < 4.78 is 0. The molecule has 0 saturated carbocycles. The van der Waals surface area contributed by atoms with Crippen molar-refractivity contribution in [3.05, 3.63) is 50.9 Å². The molecule has 0 saturated heterocycles. The van der Waals surface area contributed by atoms with E-state index in [0.717, 1.165) is 36.6 Å². The number of halogens is 1. The Hall–Kier alpha value is -0.900. The molecule has 2 aromatic rings. The van der Waals surface area contributed by atoms with Gasteiger partial charge in [0.25, 0.3) is 0 Å². The van der Waals surface area contributed by atoms with Crippen LogP contribution in [0.2, 0.25) is 5.02 Å². The van der Waals surface area contributed by atoms with E-state index in [1.54, 1.807) is 11.3 Å². The molecule has 0 fully saturated rings. The first kappa shape index (κ1) is 15.5. The first-order valence-electron chi connectivity index (χ1n) is 7.03. The maximum absolute atomic E-state index is 6.07. The summed E-state index contributed by atoms with van der Waals surface area (Å²) in [5.74, 6) is 0.555. The molecular weight excluding hydrogens is 288 g/mol. The number of hydrogen-bond acceptors (Lipinski definition) is 3. The molecule has 1 aromatic carbocycles. The smallest absolute Gasteiger partial charge is 0.0931 e. The summed E-state index contributed by atoms with van der Waals surface area (Å²) in [6, 6.07) is 8.16. The standard InChI is InChI=1S/C16H21ClN2S/c1-3-18-10-14(9-16-19-12(2)11-20-16)7-13-5-4-6-15(17)8-13/h4-6,8,11,14,18H,3,7,9-10H2,1-2H3. The molecule has 20 heavy (non-hydrogen) atoms. The highest BCUT2D eigenvalue weighted by Crippen LogP contribution is 2.19. The van der Waals surface area contributed by atoms with Gasteiger partial charge < -0.3 is 5.32 Å². The number of nitrogens with zero attached hydrogens (tertiary/aromatic N) is 1. The molecule has 0 aliphatic rings. The minimum absolute atomic E-state index is 0.555. The van der Waals surface area contributed by atoms with E-state index in [4.69, 9.17) is 11.6 Å². The summed E-state index contributed by atoms with van der Waals surface area (Å²) in [6.07, 6.45) is 2.06. The predicted molar refractivity (Wildman–Crippen MR) is 87.7 cm³/mol. The highest BCUT2D eigenvalue weighted by atomic mass is 35.5. The minimum Gasteiger partial charge on any atom is -0.317 e. The van der Waals surface area contributed by atoms with Crippen molar-refractivity contribution in [2.24, 2.45) is 5.92 Å². The van der Waals surface area contributed by atoms with Crippen molar-refractivity contribution in [2.75, 3.05) is 13.1 Å². The van der Waals surface area contributed by atoms with Crippen molar-refractivity contribution >= 4 is 22.9 Å². The van der Waals surface area contributed by atoms with Gasteiger partial charge in [-0.15, -0.1) is 11.3 Å². The van der Waals surface area contributed by atoms with Crippen molar-refractivity contribution in [2.45, 2.75) is 26.7 Å². The molecular formula is C16H21ClN2S. The van der Waals surface area contributed by atoms with Gasteiger partial charge >= 0.3 is 0 Å². The zero-order chi connectivity index (χ0) is 14.4. The molecule has 1 unspecified atom stereocenters. The normalized spacial score (nSPS) is 12.6. The van der Waals surface area contributed by atoms with E-state index in [9.17, 15) is 0 Å². The lowest BCUT2D eigenvalue weighted by atomic mass is 9.96. The summed E-state index contributed by atoms with van der Waals surface area (Å²) in [5, 5.41) is 7.62. The Labute approximate surface area is 130 Å². The van der Waals surface area contributed by atoms with E-state index in [1.165, 1.54) is 10.6 Å². The van der Waals surface area contributed by atoms with Crippen molar-refractivity contribution in [3.8, 4) is 0 Å². The van der Waals surface area contributed by atoms with Crippen LogP contribution in [-0.4, -0.2) is 18.1 Å². The Kier molecular flexibility index (Phi) is 6.02. The van der Waals surface area contributed by atoms with Crippen LogP contribution in [0.3, 0.4) is 0 Å². The highest BCUT2D eigenvalue weighted by molar-refractivity contribution is 7.09. The van der Waals surface area contributed by atoms with Crippen molar-refractivity contribution in [1.82, 2.24) is 10.3 Å². The van der Waals surface area contributed by atoms with Gasteiger partial charge in [0.05, 0.1) is 5.01 Å². The van der Waals surface area contributed by atoms with Crippen LogP contribution in [-0.2, 0) is 12.8 Å². The number of benzene rings is 1. The first-order chi connectivity index (χ1) is 9.67. The van der Waals surface area contributed by atoms with Gasteiger partial charge in [0.1, 0.15) is 0 Å². The van der Waals surface area contributed by atoms with E-state index < -0.39 is 0 Å². The Morgan fingerprint density at radius 2 is 2.20 bits per heavy atom. The van der Waals surface area contributed by atoms with Crippen molar-refractivity contribution in [1.29, 1.82) is 0 Å². The van der Waals surface area contributed by atoms with Gasteiger partial charge in [-0.2, -0.15) is 0 Å². The molecule has 2 nitrogen and oxygen atoms in total. The Morgan fingerprint density at radius 3 is 2.85 bits per heavy atom. The second-order valence-electron chi connectivity index (χ2n) is 5.09. The van der Waals surface area contributed by atoms with Crippen LogP contribution in [0.25, 0.3) is 0 Å². The number of rotatable bonds is 7. The molecule has 0 amide bonds. The van der Waals surface area contributed by atoms with Crippen LogP contribution in [0.4, 0.5) is 0 Å². The van der Waals surface area contributed by atoms with E-state index in [-0.39, 0.29) is 0 Å². The molecule has 0 radical (unpaired) electrons. The number of thiazole rings is 1. The Bertz CT molecular complexity index is 539. The topological polar surface area (TPSA) is 24.9 Å². The molecule has 0 aliphatic carbocycles. The van der Waals surface area contributed by atoms with Crippen LogP contribution >= 0.6 is 22.9 Å². The monoisotopic (exact) mass is 308 g/mol. The number of aryl methyl sites for hydroxylation is 1. The number of hydrogen-bond donors (Lipinski definition) is 1. The largest absolute Gasteiger partial charge is 0.317 e. The molecule has 2 rings (SSSR count). The zero-order valence-corrected chi connectivity index (χ0v) is 13.6. The fourth-order valence-corrected chi connectivity index (χ4v) is 3.41. The van der Waals surface area contributed by atoms with E-state index in [0.29, 0.717) is 5.92 Å². The van der Waals surface area contributed by atoms with Crippen LogP contribution in [0.5, 0.6) is 0 Å². The average molecular weight is 309 g/mol. The Morgan fingerprint density at radius 1 is 1.35 bits per heavy atom. The second kappa shape index (κ2) is 7.77. The third-order valence-corrected chi connectivity index (χ3v) is 4.45. The molecule has 0 bridgehead atoms. The first-order valence-corrected chi connectivity index (χ1v) is 8.29. The van der Waals surface area contributed by atoms with Gasteiger partial charge in [0.15, 0.2) is 0 Å². The molecule has 1 aromatic heterocycles. The highest BCUT2D eigenvalue weighted by Gasteiger charge is 2.13. The molecule has 0 spiro atoms. The second-order valence-corrected chi connectivity index (χ2v) is 6.47. The third-order valence-electron chi connectivity index (χ3n) is 3.23. The average Bonchev–Trinajstić information content (AvgIpc) is 2.81. The molecule has 0 aliphatic heterocycles. The summed E-state index contributed by atoms with van der Waals surface area (Å²) in [4.78, 5) is 4.58. The lowest BCUT2D eigenvalue weighted by Gasteiger charge is -2.16. The molecule has 108 valence electrons. The fourth-order valence-electron chi connectivity index (χ4n) is 2.31. The molecule has 4 heteroatoms. The number of aromatic nitrogens is 1. The lowest BCUT2D eigenvalue weighted by molar-refractivity contribution is 0.477. The zero-order valence-electron chi connectivity index (χ0n) is 12.0. The van der Waals surface area contributed by atoms with Crippen molar-refractivity contribution in [3.63, 3.8) is 0 Å². The maximum atomic E-state index is 6.07. The summed E-state index contributed by atoms with van der Waals surface area (Å²) >= 11 is 7.83. The van der Waals surface area contributed by atoms with Gasteiger partial charge in [-0.3, -0.25) is 0 Å². The van der Waals surface area contributed by atoms with E-state index in [1.807, 2.05) is 12.1 Å². The quantitative estimate of drug-likeness (QED) is 0.832. The maximum Gasteiger partial charge on any atom is 0.0931 e. The van der Waals surface area contributed by atoms with Gasteiger partial charge in [-0.1, -0.05) is 30.7 Å². The van der Waals surface area contributed by atoms with Crippen LogP contribution in [0.15, 0.2) is 29.6 Å². The minimum atomic E-state index is 0.555. The Balaban J connectivity index is 2.02. The molecule has 1 N–H and O–H groups in total. The lowest BCUT2D eigenvalue weighted by Crippen LogP contribution is -2.25. The van der Waals surface area contributed by atoms with Crippen LogP contribution in [0, 0.1) is 12.8 Å². The van der Waals surface area contributed by atoms with Crippen LogP contribution in [0.1, 0.15) is 23.2 Å². The molecule has 1 heterocycles. The molecule has 1 atom stereocenters. The number of nitrogens with one attached hydrogen (secondary N) is 1. The van der Waals surface area contributed by atoms with Gasteiger partial charge in [0.2, 0.25) is 0 Å². The fraction of sp³-hybridized carbons (Fsp3) is 0.438.